The molecule has 1 aromatic carbocycles. The average molecular weight is 495 g/mol. The lowest BCUT2D eigenvalue weighted by Crippen LogP contribution is -2.53. The fourth-order valence-corrected chi connectivity index (χ4v) is 4.06. The smallest absolute Gasteiger partial charge is 0.256 e. The van der Waals surface area contributed by atoms with Crippen molar-refractivity contribution in [2.24, 2.45) is 0 Å². The minimum Gasteiger partial charge on any atom is -0.494 e. The number of benzene rings is 1. The van der Waals surface area contributed by atoms with Crippen molar-refractivity contribution in [1.29, 1.82) is 0 Å². The standard InChI is InChI=1S/C24H27FN8O3/c1-14-13-32(15(2)34)8-9-33(14)24-29-12-18(23(35)26-3)22(31-24)30-19-7-5-6-17(20(19)36-4)21-27-10-16(25)11-28-21/h5-7,10-12,14H,8-9,13H2,1-4H3,(H,26,35)(H,29,30,31). The molecule has 36 heavy (non-hydrogen) atoms. The number of aromatic nitrogens is 4. The van der Waals surface area contributed by atoms with E-state index in [2.05, 4.69) is 30.6 Å². The number of hydrogen-bond acceptors (Lipinski definition) is 9. The summed E-state index contributed by atoms with van der Waals surface area (Å²) in [7, 11) is 3.02. The Kier molecular flexibility index (Phi) is 7.23. The Labute approximate surface area is 207 Å². The maximum atomic E-state index is 13.3. The minimum atomic E-state index is -0.547. The lowest BCUT2D eigenvalue weighted by Gasteiger charge is -2.39. The van der Waals surface area contributed by atoms with Crippen LogP contribution in [-0.4, -0.2) is 76.5 Å². The van der Waals surface area contributed by atoms with E-state index in [1.165, 1.54) is 20.4 Å². The Balaban J connectivity index is 1.71. The summed E-state index contributed by atoms with van der Waals surface area (Å²) in [6, 6.07) is 5.25. The van der Waals surface area contributed by atoms with Gasteiger partial charge in [-0.15, -0.1) is 0 Å². The van der Waals surface area contributed by atoms with Crippen LogP contribution in [0, 0.1) is 5.82 Å². The van der Waals surface area contributed by atoms with Gasteiger partial charge in [-0.3, -0.25) is 9.59 Å². The maximum Gasteiger partial charge on any atom is 0.256 e. The van der Waals surface area contributed by atoms with Gasteiger partial charge < -0.3 is 25.2 Å². The van der Waals surface area contributed by atoms with Crippen molar-refractivity contribution in [1.82, 2.24) is 30.2 Å². The van der Waals surface area contributed by atoms with E-state index in [1.807, 2.05) is 11.8 Å². The van der Waals surface area contributed by atoms with Gasteiger partial charge in [-0.05, 0) is 19.1 Å². The zero-order valence-electron chi connectivity index (χ0n) is 20.4. The molecule has 0 aliphatic carbocycles. The van der Waals surface area contributed by atoms with E-state index in [-0.39, 0.29) is 35.1 Å². The van der Waals surface area contributed by atoms with Gasteiger partial charge in [-0.25, -0.2) is 19.3 Å². The highest BCUT2D eigenvalue weighted by Crippen LogP contribution is 2.37. The molecule has 1 atom stereocenters. The number of piperazine rings is 1. The number of carbonyl (C=O) groups is 2. The van der Waals surface area contributed by atoms with Crippen molar-refractivity contribution >= 4 is 29.3 Å². The third-order valence-electron chi connectivity index (χ3n) is 5.91. The van der Waals surface area contributed by atoms with E-state index in [4.69, 9.17) is 4.74 Å². The molecule has 3 aromatic rings. The highest BCUT2D eigenvalue weighted by Gasteiger charge is 2.28. The van der Waals surface area contributed by atoms with Crippen LogP contribution in [0.5, 0.6) is 5.75 Å². The quantitative estimate of drug-likeness (QED) is 0.531. The molecule has 0 spiro atoms. The molecule has 1 aliphatic heterocycles. The van der Waals surface area contributed by atoms with Gasteiger partial charge in [0.1, 0.15) is 11.4 Å². The van der Waals surface area contributed by atoms with Gasteiger partial charge in [0.05, 0.1) is 30.8 Å². The van der Waals surface area contributed by atoms with Gasteiger partial charge >= 0.3 is 0 Å². The highest BCUT2D eigenvalue weighted by atomic mass is 19.1. The fraction of sp³-hybridized carbons (Fsp3) is 0.333. The summed E-state index contributed by atoms with van der Waals surface area (Å²) in [5, 5.41) is 5.79. The van der Waals surface area contributed by atoms with E-state index in [9.17, 15) is 14.0 Å². The topological polar surface area (TPSA) is 125 Å². The summed E-state index contributed by atoms with van der Waals surface area (Å²) in [5.41, 5.74) is 1.28. The molecule has 1 aliphatic rings. The first-order valence-corrected chi connectivity index (χ1v) is 11.4. The Morgan fingerprint density at radius 2 is 1.89 bits per heavy atom. The minimum absolute atomic E-state index is 0.0187. The molecule has 2 amide bonds. The number of anilines is 3. The van der Waals surface area contributed by atoms with Crippen LogP contribution in [0.2, 0.25) is 0 Å². The second kappa shape index (κ2) is 10.5. The molecule has 12 heteroatoms. The maximum absolute atomic E-state index is 13.3. The molecule has 188 valence electrons. The number of nitrogens with zero attached hydrogens (tertiary/aromatic N) is 6. The predicted molar refractivity (Wildman–Crippen MR) is 132 cm³/mol. The Hall–Kier alpha value is -4.35. The molecule has 1 fully saturated rings. The van der Waals surface area contributed by atoms with Crippen LogP contribution in [0.3, 0.4) is 0 Å². The Bertz CT molecular complexity index is 1270. The SMILES string of the molecule is CNC(=O)c1cnc(N2CCN(C(C)=O)CC2C)nc1Nc1cccc(-c2ncc(F)cn2)c1OC. The number of carbonyl (C=O) groups excluding carboxylic acids is 2. The van der Waals surface area contributed by atoms with E-state index >= 15 is 0 Å². The third-order valence-corrected chi connectivity index (χ3v) is 5.91. The van der Waals surface area contributed by atoms with E-state index in [1.54, 1.807) is 30.0 Å². The molecular formula is C24H27FN8O3. The summed E-state index contributed by atoms with van der Waals surface area (Å²) in [6.45, 7) is 5.20. The van der Waals surface area contributed by atoms with Gasteiger partial charge in [0.15, 0.2) is 17.4 Å². The normalized spacial score (nSPS) is 15.4. The highest BCUT2D eigenvalue weighted by molar-refractivity contribution is 5.99. The van der Waals surface area contributed by atoms with Gasteiger partial charge in [-0.2, -0.15) is 4.98 Å². The number of para-hydroxylation sites is 1. The van der Waals surface area contributed by atoms with Crippen LogP contribution >= 0.6 is 0 Å². The van der Waals surface area contributed by atoms with E-state index in [0.29, 0.717) is 42.6 Å². The second-order valence-corrected chi connectivity index (χ2v) is 8.26. The first kappa shape index (κ1) is 24.8. The van der Waals surface area contributed by atoms with Gasteiger partial charge in [0.2, 0.25) is 11.9 Å². The van der Waals surface area contributed by atoms with Crippen molar-refractivity contribution in [2.75, 3.05) is 44.0 Å². The largest absolute Gasteiger partial charge is 0.494 e. The van der Waals surface area contributed by atoms with Crippen molar-refractivity contribution in [3.8, 4) is 17.1 Å². The molecule has 2 N–H and O–H groups in total. The fourth-order valence-electron chi connectivity index (χ4n) is 4.06. The molecule has 0 radical (unpaired) electrons. The molecule has 0 bridgehead atoms. The Morgan fingerprint density at radius 1 is 1.14 bits per heavy atom. The number of methoxy groups -OCH3 is 1. The molecule has 11 nitrogen and oxygen atoms in total. The molecule has 1 unspecified atom stereocenters. The summed E-state index contributed by atoms with van der Waals surface area (Å²) in [4.78, 5) is 45.4. The predicted octanol–water partition coefficient (Wildman–Crippen LogP) is 2.24. The van der Waals surface area contributed by atoms with Crippen LogP contribution in [-0.2, 0) is 4.79 Å². The first-order chi connectivity index (χ1) is 17.3. The van der Waals surface area contributed by atoms with Gasteiger partial charge in [-0.1, -0.05) is 6.07 Å². The first-order valence-electron chi connectivity index (χ1n) is 11.4. The van der Waals surface area contributed by atoms with Gasteiger partial charge in [0.25, 0.3) is 5.91 Å². The van der Waals surface area contributed by atoms with E-state index < -0.39 is 5.82 Å². The van der Waals surface area contributed by atoms with Crippen LogP contribution in [0.25, 0.3) is 11.4 Å². The van der Waals surface area contributed by atoms with Crippen LogP contribution in [0.1, 0.15) is 24.2 Å². The zero-order chi connectivity index (χ0) is 25.8. The van der Waals surface area contributed by atoms with Crippen molar-refractivity contribution in [3.05, 3.63) is 48.2 Å². The van der Waals surface area contributed by atoms with Crippen molar-refractivity contribution in [3.63, 3.8) is 0 Å². The molecule has 3 heterocycles. The van der Waals surface area contributed by atoms with Crippen LogP contribution < -0.4 is 20.3 Å². The summed E-state index contributed by atoms with van der Waals surface area (Å²) in [5.74, 6) is 0.495. The van der Waals surface area contributed by atoms with Crippen LogP contribution in [0.4, 0.5) is 21.8 Å². The van der Waals surface area contributed by atoms with Gasteiger partial charge in [0, 0.05) is 45.8 Å². The molecule has 1 saturated heterocycles. The second-order valence-electron chi connectivity index (χ2n) is 8.26. The lowest BCUT2D eigenvalue weighted by molar-refractivity contribution is -0.129. The lowest BCUT2D eigenvalue weighted by atomic mass is 10.1. The summed E-state index contributed by atoms with van der Waals surface area (Å²) in [6.07, 6.45) is 3.62. The number of hydrogen-bond donors (Lipinski definition) is 2. The number of nitrogens with one attached hydrogen (secondary N) is 2. The number of halogens is 1. The third kappa shape index (κ3) is 5.02. The average Bonchev–Trinajstić information content (AvgIpc) is 2.88. The van der Waals surface area contributed by atoms with Crippen molar-refractivity contribution in [2.45, 2.75) is 19.9 Å². The summed E-state index contributed by atoms with van der Waals surface area (Å²) >= 11 is 0. The molecular weight excluding hydrogens is 467 g/mol. The van der Waals surface area contributed by atoms with Crippen molar-refractivity contribution < 1.29 is 18.7 Å². The molecule has 0 saturated carbocycles. The zero-order valence-corrected chi connectivity index (χ0v) is 20.4. The van der Waals surface area contributed by atoms with Crippen LogP contribution in [0.15, 0.2) is 36.8 Å². The molecule has 2 aromatic heterocycles. The Morgan fingerprint density at radius 3 is 2.53 bits per heavy atom. The monoisotopic (exact) mass is 494 g/mol. The number of rotatable bonds is 6. The van der Waals surface area contributed by atoms with E-state index in [0.717, 1.165) is 12.4 Å². The summed E-state index contributed by atoms with van der Waals surface area (Å²) < 4.78 is 19.0. The molecule has 4 rings (SSSR count). The number of ether oxygens (including phenoxy) is 1. The number of amides is 2.